The van der Waals surface area contributed by atoms with E-state index in [1.807, 2.05) is 31.2 Å². The van der Waals surface area contributed by atoms with Crippen LogP contribution < -0.4 is 11.1 Å². The second-order valence-corrected chi connectivity index (χ2v) is 5.71. The fraction of sp³-hybridized carbons (Fsp3) is 0.500. The Morgan fingerprint density at radius 2 is 2.16 bits per heavy atom. The Balaban J connectivity index is 1.85. The predicted octanol–water partition coefficient (Wildman–Crippen LogP) is 1.61. The van der Waals surface area contributed by atoms with Gasteiger partial charge in [-0.25, -0.2) is 0 Å². The molecule has 1 saturated carbocycles. The van der Waals surface area contributed by atoms with Crippen molar-refractivity contribution in [3.63, 3.8) is 0 Å². The Labute approximate surface area is 121 Å². The molecule has 1 amide bonds. The van der Waals surface area contributed by atoms with Crippen LogP contribution in [0.4, 0.5) is 0 Å². The molecule has 4 nitrogen and oxygen atoms in total. The Morgan fingerprint density at radius 3 is 2.74 bits per heavy atom. The molecule has 2 rings (SSSR count). The summed E-state index contributed by atoms with van der Waals surface area (Å²) in [6, 6.07) is 7.68. The summed E-state index contributed by atoms with van der Waals surface area (Å²) in [4.78, 5) is 12.0. The molecule has 3 atom stereocenters. The first-order chi connectivity index (χ1) is 9.10. The van der Waals surface area contributed by atoms with Crippen molar-refractivity contribution in [2.75, 3.05) is 6.61 Å². The van der Waals surface area contributed by atoms with E-state index in [9.17, 15) is 4.79 Å². The van der Waals surface area contributed by atoms with Crippen LogP contribution in [0.5, 0.6) is 0 Å². The van der Waals surface area contributed by atoms with Crippen LogP contribution in [0.2, 0.25) is 0 Å². The molecule has 0 saturated heterocycles. The average Bonchev–Trinajstić information content (AvgIpc) is 2.39. The Morgan fingerprint density at radius 1 is 1.47 bits per heavy atom. The number of halogens is 1. The van der Waals surface area contributed by atoms with E-state index < -0.39 is 0 Å². The minimum Gasteiger partial charge on any atom is -0.376 e. The maximum atomic E-state index is 12.0. The van der Waals surface area contributed by atoms with Gasteiger partial charge in [0.1, 0.15) is 0 Å². The molecule has 1 aliphatic rings. The summed E-state index contributed by atoms with van der Waals surface area (Å²) >= 11 is 3.37. The molecule has 0 bridgehead atoms. The van der Waals surface area contributed by atoms with Gasteiger partial charge in [0.25, 0.3) is 0 Å². The highest BCUT2D eigenvalue weighted by Gasteiger charge is 2.40. The zero-order chi connectivity index (χ0) is 13.8. The van der Waals surface area contributed by atoms with E-state index in [-0.39, 0.29) is 24.1 Å². The quantitative estimate of drug-likeness (QED) is 0.864. The molecular weight excluding hydrogens is 308 g/mol. The molecule has 0 aromatic heterocycles. The Hall–Kier alpha value is -0.910. The summed E-state index contributed by atoms with van der Waals surface area (Å²) in [6.45, 7) is 2.60. The summed E-state index contributed by atoms with van der Waals surface area (Å²) in [5.74, 6) is -0.00724. The van der Waals surface area contributed by atoms with Crippen molar-refractivity contribution in [2.45, 2.75) is 38.0 Å². The molecule has 1 aliphatic carbocycles. The van der Waals surface area contributed by atoms with Gasteiger partial charge in [-0.2, -0.15) is 0 Å². The van der Waals surface area contributed by atoms with Crippen molar-refractivity contribution >= 4 is 21.8 Å². The van der Waals surface area contributed by atoms with Crippen molar-refractivity contribution in [3.05, 3.63) is 34.3 Å². The molecule has 1 aromatic rings. The molecule has 0 aliphatic heterocycles. The van der Waals surface area contributed by atoms with Gasteiger partial charge in [0, 0.05) is 17.1 Å². The first kappa shape index (κ1) is 14.5. The number of amides is 1. The van der Waals surface area contributed by atoms with Gasteiger partial charge < -0.3 is 15.8 Å². The largest absolute Gasteiger partial charge is 0.376 e. The number of carbonyl (C=O) groups is 1. The van der Waals surface area contributed by atoms with E-state index in [1.54, 1.807) is 0 Å². The van der Waals surface area contributed by atoms with Crippen LogP contribution in [-0.4, -0.2) is 30.7 Å². The first-order valence-corrected chi connectivity index (χ1v) is 7.30. The van der Waals surface area contributed by atoms with E-state index in [0.29, 0.717) is 13.0 Å². The zero-order valence-corrected chi connectivity index (χ0v) is 12.5. The van der Waals surface area contributed by atoms with Gasteiger partial charge >= 0.3 is 0 Å². The third-order valence-corrected chi connectivity index (χ3v) is 3.88. The summed E-state index contributed by atoms with van der Waals surface area (Å²) in [5, 5.41) is 2.96. The first-order valence-electron chi connectivity index (χ1n) is 6.51. The van der Waals surface area contributed by atoms with Gasteiger partial charge in [-0.1, -0.05) is 28.1 Å². The highest BCUT2D eigenvalue weighted by Crippen LogP contribution is 2.22. The normalized spacial score (nSPS) is 25.7. The van der Waals surface area contributed by atoms with Crippen molar-refractivity contribution in [1.29, 1.82) is 0 Å². The fourth-order valence-corrected chi connectivity index (χ4v) is 2.52. The van der Waals surface area contributed by atoms with Crippen LogP contribution in [0.1, 0.15) is 18.9 Å². The third kappa shape index (κ3) is 3.78. The van der Waals surface area contributed by atoms with Crippen LogP contribution >= 0.6 is 15.9 Å². The predicted molar refractivity (Wildman–Crippen MR) is 77.8 cm³/mol. The molecule has 3 unspecified atom stereocenters. The summed E-state index contributed by atoms with van der Waals surface area (Å²) < 4.78 is 6.54. The average molecular weight is 327 g/mol. The molecule has 0 spiro atoms. The van der Waals surface area contributed by atoms with E-state index in [2.05, 4.69) is 21.2 Å². The van der Waals surface area contributed by atoms with Gasteiger partial charge in [-0.05, 0) is 31.0 Å². The van der Waals surface area contributed by atoms with Crippen molar-refractivity contribution in [2.24, 2.45) is 5.73 Å². The van der Waals surface area contributed by atoms with Gasteiger partial charge in [0.05, 0.1) is 18.6 Å². The molecule has 5 heteroatoms. The Bertz CT molecular complexity index is 434. The minimum atomic E-state index is -0.0529. The second kappa shape index (κ2) is 6.50. The van der Waals surface area contributed by atoms with E-state index >= 15 is 0 Å². The lowest BCUT2D eigenvalue weighted by Gasteiger charge is -2.42. The maximum Gasteiger partial charge on any atom is 0.224 e. The van der Waals surface area contributed by atoms with Crippen LogP contribution in [0.3, 0.4) is 0 Å². The monoisotopic (exact) mass is 326 g/mol. The molecule has 1 aromatic carbocycles. The Kier molecular flexibility index (Phi) is 4.96. The summed E-state index contributed by atoms with van der Waals surface area (Å²) in [6.07, 6.45) is 1.25. The number of hydrogen-bond acceptors (Lipinski definition) is 3. The van der Waals surface area contributed by atoms with Crippen LogP contribution in [-0.2, 0) is 16.0 Å². The summed E-state index contributed by atoms with van der Waals surface area (Å²) in [5.41, 5.74) is 6.89. The van der Waals surface area contributed by atoms with E-state index in [1.165, 1.54) is 0 Å². The number of rotatable bonds is 5. The number of hydrogen-bond donors (Lipinski definition) is 2. The molecule has 104 valence electrons. The SMILES string of the molecule is CCOC1CC(N)C1NC(=O)Cc1ccc(Br)cc1. The highest BCUT2D eigenvalue weighted by atomic mass is 79.9. The van der Waals surface area contributed by atoms with Gasteiger partial charge in [-0.3, -0.25) is 4.79 Å². The lowest BCUT2D eigenvalue weighted by atomic mass is 9.83. The van der Waals surface area contributed by atoms with Crippen LogP contribution in [0.25, 0.3) is 0 Å². The second-order valence-electron chi connectivity index (χ2n) is 4.79. The number of benzene rings is 1. The van der Waals surface area contributed by atoms with Crippen molar-refractivity contribution in [3.8, 4) is 0 Å². The highest BCUT2D eigenvalue weighted by molar-refractivity contribution is 9.10. The smallest absolute Gasteiger partial charge is 0.224 e. The lowest BCUT2D eigenvalue weighted by Crippen LogP contribution is -2.64. The lowest BCUT2D eigenvalue weighted by molar-refractivity contribution is -0.125. The molecule has 0 radical (unpaired) electrons. The third-order valence-electron chi connectivity index (χ3n) is 3.35. The number of nitrogens with two attached hydrogens (primary N) is 1. The van der Waals surface area contributed by atoms with Crippen molar-refractivity contribution in [1.82, 2.24) is 5.32 Å². The number of ether oxygens (including phenoxy) is 1. The summed E-state index contributed by atoms with van der Waals surface area (Å²) in [7, 11) is 0. The zero-order valence-electron chi connectivity index (χ0n) is 10.9. The molecule has 1 fully saturated rings. The number of carbonyl (C=O) groups excluding carboxylic acids is 1. The molecule has 0 heterocycles. The van der Waals surface area contributed by atoms with Gasteiger partial charge in [0.2, 0.25) is 5.91 Å². The molecule has 19 heavy (non-hydrogen) atoms. The van der Waals surface area contributed by atoms with E-state index in [0.717, 1.165) is 16.5 Å². The maximum absolute atomic E-state index is 12.0. The van der Waals surface area contributed by atoms with Crippen molar-refractivity contribution < 1.29 is 9.53 Å². The van der Waals surface area contributed by atoms with Gasteiger partial charge in [-0.15, -0.1) is 0 Å². The molecule has 3 N–H and O–H groups in total. The minimum absolute atomic E-state index is 0.00502. The van der Waals surface area contributed by atoms with Gasteiger partial charge in [0.15, 0.2) is 0 Å². The van der Waals surface area contributed by atoms with Crippen LogP contribution in [0.15, 0.2) is 28.7 Å². The molecular formula is C14H19BrN2O2. The fourth-order valence-electron chi connectivity index (χ4n) is 2.25. The van der Waals surface area contributed by atoms with Crippen LogP contribution in [0, 0.1) is 0 Å². The topological polar surface area (TPSA) is 64.3 Å². The number of nitrogens with one attached hydrogen (secondary N) is 1. The van der Waals surface area contributed by atoms with E-state index in [4.69, 9.17) is 10.5 Å². The standard InChI is InChI=1S/C14H19BrN2O2/c1-2-19-12-8-11(16)14(12)17-13(18)7-9-3-5-10(15)6-4-9/h3-6,11-12,14H,2,7-8,16H2,1H3,(H,17,18).